The van der Waals surface area contributed by atoms with Crippen LogP contribution in [0.3, 0.4) is 0 Å². The maximum atomic E-state index is 12.7. The summed E-state index contributed by atoms with van der Waals surface area (Å²) >= 11 is 0. The molecule has 12 heteroatoms. The number of carbonyl (C=O) groups excluding carboxylic acids is 4. The van der Waals surface area contributed by atoms with E-state index in [2.05, 4.69) is 16.0 Å². The van der Waals surface area contributed by atoms with Gasteiger partial charge in [-0.2, -0.15) is 0 Å². The highest BCUT2D eigenvalue weighted by atomic mass is 16.4. The molecule has 0 saturated heterocycles. The molecule has 4 amide bonds. The van der Waals surface area contributed by atoms with Crippen molar-refractivity contribution in [2.75, 3.05) is 18.9 Å². The molecule has 0 bridgehead atoms. The predicted molar refractivity (Wildman–Crippen MR) is 120 cm³/mol. The maximum Gasteiger partial charge on any atom is 0.405 e. The number of carboxylic acid groups (broad SMARTS) is 1. The Kier molecular flexibility index (Phi) is 11.3. The monoisotopic (exact) mass is 465 g/mol. The van der Waals surface area contributed by atoms with Gasteiger partial charge in [0.1, 0.15) is 18.3 Å². The number of carbonyl (C=O) groups is 5. The Bertz CT molecular complexity index is 924. The lowest BCUT2D eigenvalue weighted by atomic mass is 10.0. The van der Waals surface area contributed by atoms with Crippen molar-refractivity contribution in [2.45, 2.75) is 52.1 Å². The fraction of sp³-hybridized carbons (Fsp3) is 0.524. The van der Waals surface area contributed by atoms with Gasteiger partial charge in [-0.05, 0) is 24.5 Å². The molecule has 1 atom stereocenters. The lowest BCUT2D eigenvalue weighted by Gasteiger charge is -2.17. The van der Waals surface area contributed by atoms with Crippen molar-refractivity contribution >= 4 is 35.3 Å². The van der Waals surface area contributed by atoms with Crippen LogP contribution >= 0.6 is 0 Å². The van der Waals surface area contributed by atoms with Crippen molar-refractivity contribution in [3.63, 3.8) is 0 Å². The molecule has 0 spiro atoms. The molecule has 0 aliphatic heterocycles. The summed E-state index contributed by atoms with van der Waals surface area (Å²) in [5.41, 5.74) is -0.816. The van der Waals surface area contributed by atoms with E-state index in [1.807, 2.05) is 19.2 Å². The van der Waals surface area contributed by atoms with E-state index in [1.165, 1.54) is 25.4 Å². The minimum absolute atomic E-state index is 0.162. The van der Waals surface area contributed by atoms with Crippen LogP contribution in [-0.4, -0.2) is 58.9 Å². The topological polar surface area (TPSA) is 176 Å². The molecular formula is C21H31N5O7. The van der Waals surface area contributed by atoms with Gasteiger partial charge >= 0.3 is 6.09 Å². The third-order valence-electron chi connectivity index (χ3n) is 5.09. The lowest BCUT2D eigenvalue weighted by Crippen LogP contribution is -2.45. The van der Waals surface area contributed by atoms with Gasteiger partial charge in [-0.3, -0.25) is 24.0 Å². The summed E-state index contributed by atoms with van der Waals surface area (Å²) in [7, 11) is 1.27. The van der Waals surface area contributed by atoms with E-state index >= 15 is 0 Å². The molecule has 1 heterocycles. The first-order valence-electron chi connectivity index (χ1n) is 10.6. The zero-order valence-corrected chi connectivity index (χ0v) is 19.0. The fourth-order valence-corrected chi connectivity index (χ4v) is 2.97. The Labute approximate surface area is 191 Å². The number of amides is 4. The highest BCUT2D eigenvalue weighted by molar-refractivity contribution is 6.36. The SMILES string of the molecule is CCC(CC)CNC(=O)Cn1cccc(NC(=O)C(CCC(=O)C(=O)NC)NC(=O)O)c1=O. The summed E-state index contributed by atoms with van der Waals surface area (Å²) < 4.78 is 1.12. The van der Waals surface area contributed by atoms with Gasteiger partial charge in [0.25, 0.3) is 11.5 Å². The Balaban J connectivity index is 2.87. The van der Waals surface area contributed by atoms with Gasteiger partial charge in [0.05, 0.1) is 0 Å². The molecule has 0 aromatic carbocycles. The van der Waals surface area contributed by atoms with Crippen molar-refractivity contribution in [3.8, 4) is 0 Å². The van der Waals surface area contributed by atoms with Crippen LogP contribution in [0.25, 0.3) is 0 Å². The standard InChI is InChI=1S/C21H31N5O7/c1-4-13(5-2)11-23-17(28)12-26-10-6-7-15(20(26)31)24-18(29)14(25-21(32)33)8-9-16(27)19(30)22-3/h6-7,10,13-14,25H,4-5,8-9,11-12H2,1-3H3,(H,22,30)(H,23,28)(H,24,29)(H,32,33). The third kappa shape index (κ3) is 9.13. The highest BCUT2D eigenvalue weighted by Crippen LogP contribution is 2.06. The Morgan fingerprint density at radius 3 is 2.36 bits per heavy atom. The van der Waals surface area contributed by atoms with Crippen molar-refractivity contribution in [1.29, 1.82) is 0 Å². The van der Waals surface area contributed by atoms with Crippen LogP contribution in [0.2, 0.25) is 0 Å². The maximum absolute atomic E-state index is 12.7. The molecule has 33 heavy (non-hydrogen) atoms. The van der Waals surface area contributed by atoms with Crippen LogP contribution < -0.4 is 26.8 Å². The number of nitrogens with one attached hydrogen (secondary N) is 4. The number of rotatable bonds is 13. The summed E-state index contributed by atoms with van der Waals surface area (Å²) in [6.07, 6.45) is 1.04. The fourth-order valence-electron chi connectivity index (χ4n) is 2.97. The van der Waals surface area contributed by atoms with Gasteiger partial charge in [-0.15, -0.1) is 0 Å². The number of Topliss-reactive ketones (excluding diaryl/α,β-unsaturated/α-hetero) is 1. The van der Waals surface area contributed by atoms with Gasteiger partial charge in [0.2, 0.25) is 17.6 Å². The smallest absolute Gasteiger partial charge is 0.405 e. The van der Waals surface area contributed by atoms with Crippen LogP contribution in [0.4, 0.5) is 10.5 Å². The molecular weight excluding hydrogens is 434 g/mol. The zero-order valence-electron chi connectivity index (χ0n) is 19.0. The minimum atomic E-state index is -1.51. The van der Waals surface area contributed by atoms with Crippen molar-refractivity contribution < 1.29 is 29.1 Å². The second-order valence-electron chi connectivity index (χ2n) is 7.37. The summed E-state index contributed by atoms with van der Waals surface area (Å²) in [6, 6.07) is 1.39. The number of pyridine rings is 1. The number of ketones is 1. The Morgan fingerprint density at radius 2 is 1.79 bits per heavy atom. The summed E-state index contributed by atoms with van der Waals surface area (Å²) in [6.45, 7) is 4.30. The van der Waals surface area contributed by atoms with Gasteiger partial charge < -0.3 is 30.9 Å². The van der Waals surface area contributed by atoms with Crippen LogP contribution in [-0.2, 0) is 25.7 Å². The van der Waals surface area contributed by atoms with Gasteiger partial charge in [0.15, 0.2) is 0 Å². The van der Waals surface area contributed by atoms with E-state index in [1.54, 1.807) is 0 Å². The average molecular weight is 466 g/mol. The summed E-state index contributed by atoms with van der Waals surface area (Å²) in [5, 5.41) is 18.2. The quantitative estimate of drug-likeness (QED) is 0.256. The molecule has 1 aromatic heterocycles. The Morgan fingerprint density at radius 1 is 1.12 bits per heavy atom. The average Bonchev–Trinajstić information content (AvgIpc) is 2.78. The van der Waals surface area contributed by atoms with Crippen LogP contribution in [0.5, 0.6) is 0 Å². The molecule has 0 aliphatic carbocycles. The first-order chi connectivity index (χ1) is 15.6. The normalized spacial score (nSPS) is 11.4. The number of hydrogen-bond acceptors (Lipinski definition) is 6. The van der Waals surface area contributed by atoms with Crippen molar-refractivity contribution in [2.24, 2.45) is 5.92 Å². The number of aromatic nitrogens is 1. The van der Waals surface area contributed by atoms with Gasteiger partial charge in [-0.1, -0.05) is 26.7 Å². The largest absolute Gasteiger partial charge is 0.465 e. The molecule has 0 radical (unpaired) electrons. The molecule has 1 aromatic rings. The number of anilines is 1. The second-order valence-corrected chi connectivity index (χ2v) is 7.37. The predicted octanol–water partition coefficient (Wildman–Crippen LogP) is 0.0707. The van der Waals surface area contributed by atoms with E-state index in [-0.39, 0.29) is 31.0 Å². The van der Waals surface area contributed by atoms with Crippen LogP contribution in [0.15, 0.2) is 23.1 Å². The molecule has 5 N–H and O–H groups in total. The Hall–Kier alpha value is -3.70. The van der Waals surface area contributed by atoms with E-state index in [4.69, 9.17) is 5.11 Å². The van der Waals surface area contributed by atoms with Crippen LogP contribution in [0, 0.1) is 5.92 Å². The molecule has 0 fully saturated rings. The molecule has 1 unspecified atom stereocenters. The minimum Gasteiger partial charge on any atom is -0.465 e. The van der Waals surface area contributed by atoms with E-state index in [0.717, 1.165) is 17.4 Å². The number of likely N-dealkylation sites (N-methyl/N-ethyl adjacent to an activating group) is 1. The third-order valence-corrected chi connectivity index (χ3v) is 5.09. The summed E-state index contributed by atoms with van der Waals surface area (Å²) in [4.78, 5) is 71.4. The first-order valence-corrected chi connectivity index (χ1v) is 10.6. The van der Waals surface area contributed by atoms with Gasteiger partial charge in [-0.25, -0.2) is 4.79 Å². The van der Waals surface area contributed by atoms with E-state index in [9.17, 15) is 28.8 Å². The molecule has 12 nitrogen and oxygen atoms in total. The molecule has 182 valence electrons. The summed E-state index contributed by atoms with van der Waals surface area (Å²) in [5.74, 6) is -2.58. The highest BCUT2D eigenvalue weighted by Gasteiger charge is 2.24. The van der Waals surface area contributed by atoms with E-state index in [0.29, 0.717) is 12.5 Å². The van der Waals surface area contributed by atoms with Crippen molar-refractivity contribution in [3.05, 3.63) is 28.7 Å². The van der Waals surface area contributed by atoms with Gasteiger partial charge in [0, 0.05) is 26.2 Å². The van der Waals surface area contributed by atoms with Crippen molar-refractivity contribution in [1.82, 2.24) is 20.5 Å². The second kappa shape index (κ2) is 13.7. The van der Waals surface area contributed by atoms with Crippen LogP contribution in [0.1, 0.15) is 39.5 Å². The number of hydrogen-bond donors (Lipinski definition) is 5. The lowest BCUT2D eigenvalue weighted by molar-refractivity contribution is -0.137. The first kappa shape index (κ1) is 27.3. The number of nitrogens with zero attached hydrogens (tertiary/aromatic N) is 1. The molecule has 1 rings (SSSR count). The molecule has 0 aliphatic rings. The van der Waals surface area contributed by atoms with E-state index < -0.39 is 35.3 Å². The zero-order chi connectivity index (χ0) is 25.0. The molecule has 0 saturated carbocycles.